The smallest absolute Gasteiger partial charge is 0.399 e. The molecule has 1 aromatic carbocycles. The van der Waals surface area contributed by atoms with Gasteiger partial charge in [0, 0.05) is 5.46 Å². The van der Waals surface area contributed by atoms with Gasteiger partial charge in [0.25, 0.3) is 0 Å². The molecule has 0 unspecified atom stereocenters. The lowest BCUT2D eigenvalue weighted by Crippen LogP contribution is -2.41. The molecule has 0 aliphatic carbocycles. The second-order valence-electron chi connectivity index (χ2n) is 5.35. The van der Waals surface area contributed by atoms with E-state index in [9.17, 15) is 4.39 Å². The zero-order valence-electron chi connectivity index (χ0n) is 10.7. The highest BCUT2D eigenvalue weighted by molar-refractivity contribution is 6.62. The van der Waals surface area contributed by atoms with Crippen molar-refractivity contribution < 1.29 is 13.7 Å². The standard InChI is InChI=1S/C12H14BCl2FO2/c1-11(2)12(3,4)18-13(17-11)7-5-6-8(14)9(15)10(7)16/h5-6H,1-4H3. The molecule has 2 nitrogen and oxygen atoms in total. The minimum atomic E-state index is -0.773. The average molecular weight is 291 g/mol. The predicted molar refractivity (Wildman–Crippen MR) is 72.1 cm³/mol. The van der Waals surface area contributed by atoms with Crippen LogP contribution in [-0.2, 0) is 9.31 Å². The third kappa shape index (κ3) is 2.16. The third-order valence-electron chi connectivity index (χ3n) is 3.57. The molecule has 2 rings (SSSR count). The van der Waals surface area contributed by atoms with Crippen LogP contribution in [0, 0.1) is 5.82 Å². The maximum atomic E-state index is 14.0. The minimum Gasteiger partial charge on any atom is -0.399 e. The molecule has 1 aromatic rings. The van der Waals surface area contributed by atoms with Crippen molar-refractivity contribution in [2.75, 3.05) is 0 Å². The second kappa shape index (κ2) is 4.38. The van der Waals surface area contributed by atoms with Crippen molar-refractivity contribution in [3.63, 3.8) is 0 Å². The van der Waals surface area contributed by atoms with Crippen molar-refractivity contribution in [2.45, 2.75) is 38.9 Å². The van der Waals surface area contributed by atoms with E-state index < -0.39 is 24.1 Å². The fourth-order valence-corrected chi connectivity index (χ4v) is 2.01. The lowest BCUT2D eigenvalue weighted by molar-refractivity contribution is 0.00578. The fraction of sp³-hybridized carbons (Fsp3) is 0.500. The van der Waals surface area contributed by atoms with Crippen LogP contribution in [0.2, 0.25) is 10.0 Å². The molecule has 1 saturated heterocycles. The Morgan fingerprint density at radius 3 is 2.06 bits per heavy atom. The van der Waals surface area contributed by atoms with E-state index in [1.165, 1.54) is 12.1 Å². The summed E-state index contributed by atoms with van der Waals surface area (Å²) in [6.07, 6.45) is 0. The van der Waals surface area contributed by atoms with E-state index in [1.54, 1.807) is 0 Å². The average Bonchev–Trinajstić information content (AvgIpc) is 2.45. The molecule has 0 spiro atoms. The molecule has 0 atom stereocenters. The van der Waals surface area contributed by atoms with Crippen LogP contribution in [0.25, 0.3) is 0 Å². The predicted octanol–water partition coefficient (Wildman–Crippen LogP) is 3.43. The quantitative estimate of drug-likeness (QED) is 0.583. The molecule has 0 saturated carbocycles. The molecule has 1 fully saturated rings. The van der Waals surface area contributed by atoms with Gasteiger partial charge in [-0.05, 0) is 33.8 Å². The van der Waals surface area contributed by atoms with Gasteiger partial charge in [-0.15, -0.1) is 0 Å². The van der Waals surface area contributed by atoms with Crippen LogP contribution in [0.1, 0.15) is 27.7 Å². The van der Waals surface area contributed by atoms with Gasteiger partial charge < -0.3 is 9.31 Å². The van der Waals surface area contributed by atoms with Crippen molar-refractivity contribution in [1.29, 1.82) is 0 Å². The van der Waals surface area contributed by atoms with Crippen molar-refractivity contribution in [2.24, 2.45) is 0 Å². The summed E-state index contributed by atoms with van der Waals surface area (Å²) in [5.41, 5.74) is -0.769. The number of rotatable bonds is 1. The number of hydrogen-bond donors (Lipinski definition) is 0. The zero-order valence-corrected chi connectivity index (χ0v) is 12.2. The molecular formula is C12H14BCl2FO2. The molecule has 0 N–H and O–H groups in total. The summed E-state index contributed by atoms with van der Waals surface area (Å²) in [6.45, 7) is 7.62. The van der Waals surface area contributed by atoms with Crippen LogP contribution in [0.3, 0.4) is 0 Å². The lowest BCUT2D eigenvalue weighted by Gasteiger charge is -2.32. The lowest BCUT2D eigenvalue weighted by atomic mass is 9.79. The Bertz CT molecular complexity index is 475. The summed E-state index contributed by atoms with van der Waals surface area (Å²) < 4.78 is 25.6. The van der Waals surface area contributed by atoms with Gasteiger partial charge in [-0.1, -0.05) is 29.3 Å². The van der Waals surface area contributed by atoms with Crippen molar-refractivity contribution in [3.8, 4) is 0 Å². The largest absolute Gasteiger partial charge is 0.497 e. The SMILES string of the molecule is CC1(C)OB(c2ccc(Cl)c(Cl)c2F)OC1(C)C. The van der Waals surface area contributed by atoms with E-state index in [0.29, 0.717) is 0 Å². The summed E-state index contributed by atoms with van der Waals surface area (Å²) in [5.74, 6) is -0.595. The summed E-state index contributed by atoms with van der Waals surface area (Å²) in [5, 5.41) is 0.0679. The maximum Gasteiger partial charge on any atom is 0.497 e. The molecule has 0 amide bonds. The number of hydrogen-bond acceptors (Lipinski definition) is 2. The highest BCUT2D eigenvalue weighted by Gasteiger charge is 2.52. The monoisotopic (exact) mass is 290 g/mol. The topological polar surface area (TPSA) is 18.5 Å². The van der Waals surface area contributed by atoms with Gasteiger partial charge in [0.05, 0.1) is 21.2 Å². The van der Waals surface area contributed by atoms with E-state index >= 15 is 0 Å². The first-order valence-corrected chi connectivity index (χ1v) is 6.40. The first-order valence-electron chi connectivity index (χ1n) is 5.65. The van der Waals surface area contributed by atoms with Crippen molar-refractivity contribution >= 4 is 35.8 Å². The van der Waals surface area contributed by atoms with Crippen LogP contribution in [-0.4, -0.2) is 18.3 Å². The molecule has 98 valence electrons. The molecule has 1 aliphatic heterocycles. The third-order valence-corrected chi connectivity index (χ3v) is 4.35. The number of halogens is 3. The van der Waals surface area contributed by atoms with Gasteiger partial charge in [0.2, 0.25) is 0 Å². The van der Waals surface area contributed by atoms with Crippen molar-refractivity contribution in [3.05, 3.63) is 28.0 Å². The van der Waals surface area contributed by atoms with Gasteiger partial charge in [-0.3, -0.25) is 0 Å². The maximum absolute atomic E-state index is 14.0. The first kappa shape index (κ1) is 14.1. The molecular weight excluding hydrogens is 277 g/mol. The van der Waals surface area contributed by atoms with Crippen LogP contribution < -0.4 is 5.46 Å². The molecule has 6 heteroatoms. The van der Waals surface area contributed by atoms with E-state index in [2.05, 4.69) is 0 Å². The van der Waals surface area contributed by atoms with Gasteiger partial charge in [-0.25, -0.2) is 4.39 Å². The highest BCUT2D eigenvalue weighted by atomic mass is 35.5. The Morgan fingerprint density at radius 1 is 1.06 bits per heavy atom. The molecule has 18 heavy (non-hydrogen) atoms. The Morgan fingerprint density at radius 2 is 1.56 bits per heavy atom. The van der Waals surface area contributed by atoms with E-state index in [0.717, 1.165) is 0 Å². The van der Waals surface area contributed by atoms with Gasteiger partial charge >= 0.3 is 7.12 Å². The normalized spacial score (nSPS) is 21.4. The Kier molecular flexibility index (Phi) is 3.44. The number of benzene rings is 1. The first-order chi connectivity index (χ1) is 8.16. The second-order valence-corrected chi connectivity index (χ2v) is 6.14. The summed E-state index contributed by atoms with van der Waals surface area (Å²) >= 11 is 11.5. The molecule has 0 radical (unpaired) electrons. The molecule has 0 aromatic heterocycles. The van der Waals surface area contributed by atoms with Crippen LogP contribution in [0.4, 0.5) is 4.39 Å². The molecule has 1 aliphatic rings. The van der Waals surface area contributed by atoms with E-state index in [4.69, 9.17) is 32.5 Å². The summed E-state index contributed by atoms with van der Waals surface area (Å²) in [4.78, 5) is 0. The fourth-order valence-electron chi connectivity index (χ4n) is 1.69. The van der Waals surface area contributed by atoms with Crippen LogP contribution in [0.15, 0.2) is 12.1 Å². The Labute approximate surface area is 117 Å². The van der Waals surface area contributed by atoms with Crippen LogP contribution in [0.5, 0.6) is 0 Å². The summed E-state index contributed by atoms with van der Waals surface area (Å²) in [7, 11) is -0.773. The highest BCUT2D eigenvalue weighted by Crippen LogP contribution is 2.37. The van der Waals surface area contributed by atoms with Crippen LogP contribution >= 0.6 is 23.2 Å². The van der Waals surface area contributed by atoms with Crippen molar-refractivity contribution in [1.82, 2.24) is 0 Å². The van der Waals surface area contributed by atoms with Gasteiger partial charge in [0.1, 0.15) is 5.82 Å². The van der Waals surface area contributed by atoms with Gasteiger partial charge in [0.15, 0.2) is 0 Å². The molecule has 0 bridgehead atoms. The van der Waals surface area contributed by atoms with Gasteiger partial charge in [-0.2, -0.15) is 0 Å². The summed E-state index contributed by atoms with van der Waals surface area (Å²) in [6, 6.07) is 3.07. The zero-order chi connectivity index (χ0) is 13.7. The minimum absolute atomic E-state index is 0.108. The Balaban J connectivity index is 2.39. The Hall–Kier alpha value is -0.285. The van der Waals surface area contributed by atoms with E-state index in [1.807, 2.05) is 27.7 Å². The van der Waals surface area contributed by atoms with E-state index in [-0.39, 0.29) is 15.5 Å². The molecule has 1 heterocycles.